The lowest BCUT2D eigenvalue weighted by Crippen LogP contribution is -2.43. The van der Waals surface area contributed by atoms with Crippen molar-refractivity contribution in [2.24, 2.45) is 5.73 Å². The Hall–Kier alpha value is -0.610. The van der Waals surface area contributed by atoms with Gasteiger partial charge in [0.2, 0.25) is 5.91 Å². The lowest BCUT2D eigenvalue weighted by atomic mass is 10.3. The average molecular weight is 159 g/mol. The van der Waals surface area contributed by atoms with Crippen LogP contribution < -0.4 is 16.4 Å². The van der Waals surface area contributed by atoms with Crippen molar-refractivity contribution in [2.45, 2.75) is 25.9 Å². The maximum absolute atomic E-state index is 10.9. The fraction of sp³-hybridized carbons (Fsp3) is 0.857. The topological polar surface area (TPSA) is 67.1 Å². The number of carbonyl (C=O) groups excluding carboxylic acids is 1. The minimum absolute atomic E-state index is 0.105. The van der Waals surface area contributed by atoms with Gasteiger partial charge in [-0.05, 0) is 20.9 Å². The number of hydrogen-bond donors (Lipinski definition) is 3. The summed E-state index contributed by atoms with van der Waals surface area (Å²) >= 11 is 0. The van der Waals surface area contributed by atoms with Crippen LogP contribution in [0, 0.1) is 0 Å². The lowest BCUT2D eigenvalue weighted by Gasteiger charge is -2.12. The van der Waals surface area contributed by atoms with Gasteiger partial charge in [0.15, 0.2) is 0 Å². The Morgan fingerprint density at radius 1 is 1.55 bits per heavy atom. The third-order valence-electron chi connectivity index (χ3n) is 1.49. The second-order valence-corrected chi connectivity index (χ2v) is 2.72. The molecule has 2 atom stereocenters. The highest BCUT2D eigenvalue weighted by atomic mass is 16.2. The summed E-state index contributed by atoms with van der Waals surface area (Å²) in [4.78, 5) is 10.9. The van der Waals surface area contributed by atoms with Gasteiger partial charge in [-0.25, -0.2) is 0 Å². The van der Waals surface area contributed by atoms with Gasteiger partial charge >= 0.3 is 0 Å². The van der Waals surface area contributed by atoms with Crippen LogP contribution in [0.25, 0.3) is 0 Å². The number of nitrogens with two attached hydrogens (primary N) is 1. The first-order chi connectivity index (χ1) is 5.07. The zero-order valence-corrected chi connectivity index (χ0v) is 7.35. The van der Waals surface area contributed by atoms with E-state index in [9.17, 15) is 4.79 Å². The highest BCUT2D eigenvalue weighted by Gasteiger charge is 2.06. The SMILES string of the molecule is CNC(C)CNC(=O)[C@@H](C)N. The summed E-state index contributed by atoms with van der Waals surface area (Å²) in [5, 5.41) is 5.71. The third kappa shape index (κ3) is 4.75. The van der Waals surface area contributed by atoms with E-state index in [1.807, 2.05) is 14.0 Å². The van der Waals surface area contributed by atoms with E-state index in [1.165, 1.54) is 0 Å². The number of amides is 1. The molecule has 0 radical (unpaired) electrons. The Kier molecular flexibility index (Phi) is 4.81. The van der Waals surface area contributed by atoms with Gasteiger partial charge in [-0.3, -0.25) is 4.79 Å². The maximum atomic E-state index is 10.9. The van der Waals surface area contributed by atoms with Gasteiger partial charge < -0.3 is 16.4 Å². The Morgan fingerprint density at radius 2 is 2.09 bits per heavy atom. The van der Waals surface area contributed by atoms with Crippen molar-refractivity contribution >= 4 is 5.91 Å². The minimum atomic E-state index is -0.418. The van der Waals surface area contributed by atoms with Crippen molar-refractivity contribution in [1.29, 1.82) is 0 Å². The third-order valence-corrected chi connectivity index (χ3v) is 1.49. The Bertz CT molecular complexity index is 125. The average Bonchev–Trinajstić information content (AvgIpc) is 1.99. The van der Waals surface area contributed by atoms with Gasteiger partial charge in [0, 0.05) is 12.6 Å². The molecule has 0 saturated carbocycles. The summed E-state index contributed by atoms with van der Waals surface area (Å²) in [7, 11) is 1.85. The summed E-state index contributed by atoms with van der Waals surface area (Å²) in [5.74, 6) is -0.105. The van der Waals surface area contributed by atoms with Gasteiger partial charge in [0.05, 0.1) is 6.04 Å². The summed E-state index contributed by atoms with van der Waals surface area (Å²) in [6.45, 7) is 4.28. The molecule has 0 aromatic heterocycles. The number of hydrogen-bond acceptors (Lipinski definition) is 3. The highest BCUT2D eigenvalue weighted by Crippen LogP contribution is 1.78. The number of likely N-dealkylation sites (N-methyl/N-ethyl adjacent to an activating group) is 1. The molecular weight excluding hydrogens is 142 g/mol. The van der Waals surface area contributed by atoms with Crippen LogP contribution in [0.2, 0.25) is 0 Å². The molecule has 66 valence electrons. The fourth-order valence-electron chi connectivity index (χ4n) is 0.517. The van der Waals surface area contributed by atoms with E-state index >= 15 is 0 Å². The lowest BCUT2D eigenvalue weighted by molar-refractivity contribution is -0.122. The van der Waals surface area contributed by atoms with Crippen LogP contribution in [0.4, 0.5) is 0 Å². The summed E-state index contributed by atoms with van der Waals surface area (Å²) in [5.41, 5.74) is 5.33. The van der Waals surface area contributed by atoms with Crippen molar-refractivity contribution in [2.75, 3.05) is 13.6 Å². The normalized spacial score (nSPS) is 15.6. The molecule has 0 saturated heterocycles. The van der Waals surface area contributed by atoms with Crippen LogP contribution in [0.5, 0.6) is 0 Å². The molecule has 0 aliphatic heterocycles. The minimum Gasteiger partial charge on any atom is -0.353 e. The van der Waals surface area contributed by atoms with Crippen LogP contribution in [0.1, 0.15) is 13.8 Å². The van der Waals surface area contributed by atoms with Gasteiger partial charge in [-0.1, -0.05) is 0 Å². The molecule has 1 amide bonds. The standard InChI is InChI=1S/C7H17N3O/c1-5(9-3)4-10-7(11)6(2)8/h5-6,9H,4,8H2,1-3H3,(H,10,11)/t5?,6-/m1/s1. The van der Waals surface area contributed by atoms with Crippen LogP contribution in [-0.4, -0.2) is 31.6 Å². The Morgan fingerprint density at radius 3 is 2.45 bits per heavy atom. The molecule has 0 aromatic carbocycles. The molecule has 0 rings (SSSR count). The van der Waals surface area contributed by atoms with Crippen molar-refractivity contribution in [3.05, 3.63) is 0 Å². The van der Waals surface area contributed by atoms with E-state index in [0.717, 1.165) is 0 Å². The van der Waals surface area contributed by atoms with E-state index in [4.69, 9.17) is 5.73 Å². The molecule has 0 spiro atoms. The van der Waals surface area contributed by atoms with Crippen molar-refractivity contribution in [3.63, 3.8) is 0 Å². The zero-order valence-electron chi connectivity index (χ0n) is 7.35. The van der Waals surface area contributed by atoms with Crippen molar-refractivity contribution in [1.82, 2.24) is 10.6 Å². The number of carbonyl (C=O) groups is 1. The molecule has 4 N–H and O–H groups in total. The Labute approximate surface area is 67.5 Å². The van der Waals surface area contributed by atoms with Gasteiger partial charge in [-0.2, -0.15) is 0 Å². The van der Waals surface area contributed by atoms with Crippen LogP contribution in [-0.2, 0) is 4.79 Å². The predicted octanol–water partition coefficient (Wildman–Crippen LogP) is -0.942. The predicted molar refractivity (Wildman–Crippen MR) is 45.2 cm³/mol. The Balaban J connectivity index is 3.46. The molecule has 11 heavy (non-hydrogen) atoms. The zero-order chi connectivity index (χ0) is 8.85. The molecule has 0 aliphatic rings. The van der Waals surface area contributed by atoms with Crippen LogP contribution >= 0.6 is 0 Å². The number of nitrogens with one attached hydrogen (secondary N) is 2. The second-order valence-electron chi connectivity index (χ2n) is 2.72. The van der Waals surface area contributed by atoms with Gasteiger partial charge in [0.1, 0.15) is 0 Å². The molecule has 0 heterocycles. The van der Waals surface area contributed by atoms with Crippen molar-refractivity contribution in [3.8, 4) is 0 Å². The fourth-order valence-corrected chi connectivity index (χ4v) is 0.517. The molecule has 0 aromatic rings. The van der Waals surface area contributed by atoms with Crippen molar-refractivity contribution < 1.29 is 4.79 Å². The monoisotopic (exact) mass is 159 g/mol. The molecular formula is C7H17N3O. The summed E-state index contributed by atoms with van der Waals surface area (Å²) in [6, 6.07) is -0.128. The molecule has 1 unspecified atom stereocenters. The first kappa shape index (κ1) is 10.4. The molecule has 0 fully saturated rings. The van der Waals surface area contributed by atoms with E-state index in [1.54, 1.807) is 6.92 Å². The maximum Gasteiger partial charge on any atom is 0.236 e. The van der Waals surface area contributed by atoms with E-state index < -0.39 is 6.04 Å². The van der Waals surface area contributed by atoms with Crippen LogP contribution in [0.15, 0.2) is 0 Å². The highest BCUT2D eigenvalue weighted by molar-refractivity contribution is 5.80. The molecule has 4 heteroatoms. The van der Waals surface area contributed by atoms with E-state index in [-0.39, 0.29) is 11.9 Å². The summed E-state index contributed by atoms with van der Waals surface area (Å²) in [6.07, 6.45) is 0. The van der Waals surface area contributed by atoms with E-state index in [0.29, 0.717) is 6.54 Å². The largest absolute Gasteiger partial charge is 0.353 e. The smallest absolute Gasteiger partial charge is 0.236 e. The first-order valence-electron chi connectivity index (χ1n) is 3.78. The second kappa shape index (κ2) is 5.09. The van der Waals surface area contributed by atoms with Crippen LogP contribution in [0.3, 0.4) is 0 Å². The number of rotatable bonds is 4. The molecule has 0 bridgehead atoms. The molecule has 0 aliphatic carbocycles. The van der Waals surface area contributed by atoms with Gasteiger partial charge in [-0.15, -0.1) is 0 Å². The first-order valence-corrected chi connectivity index (χ1v) is 3.78. The summed E-state index contributed by atoms with van der Waals surface area (Å²) < 4.78 is 0. The van der Waals surface area contributed by atoms with E-state index in [2.05, 4.69) is 10.6 Å². The quantitative estimate of drug-likeness (QED) is 0.496. The molecule has 4 nitrogen and oxygen atoms in total. The van der Waals surface area contributed by atoms with Gasteiger partial charge in [0.25, 0.3) is 0 Å².